The van der Waals surface area contributed by atoms with Crippen LogP contribution >= 0.6 is 12.2 Å². The van der Waals surface area contributed by atoms with Crippen molar-refractivity contribution in [2.75, 3.05) is 25.2 Å². The highest BCUT2D eigenvalue weighted by Crippen LogP contribution is 2.38. The summed E-state index contributed by atoms with van der Waals surface area (Å²) in [5, 5.41) is 17.1. The van der Waals surface area contributed by atoms with Crippen LogP contribution in [0, 0.1) is 0 Å². The van der Waals surface area contributed by atoms with Crippen LogP contribution in [0.5, 0.6) is 11.5 Å². The number of fused-ring (bicyclic) bond motifs is 1. The predicted octanol–water partition coefficient (Wildman–Crippen LogP) is 1.36. The van der Waals surface area contributed by atoms with E-state index in [0.717, 1.165) is 5.69 Å². The Kier molecular flexibility index (Phi) is 4.83. The van der Waals surface area contributed by atoms with Crippen LogP contribution in [0.3, 0.4) is 0 Å². The highest BCUT2D eigenvalue weighted by molar-refractivity contribution is 7.80. The van der Waals surface area contributed by atoms with Crippen molar-refractivity contribution in [3.05, 3.63) is 18.2 Å². The minimum atomic E-state index is -1.03. The molecule has 0 fully saturated rings. The summed E-state index contributed by atoms with van der Waals surface area (Å²) in [6.45, 7) is 1.15. The summed E-state index contributed by atoms with van der Waals surface area (Å²) in [6.07, 6.45) is -0.386. The Morgan fingerprint density at radius 2 is 2.10 bits per heavy atom. The van der Waals surface area contributed by atoms with Crippen molar-refractivity contribution in [2.45, 2.75) is 6.42 Å². The fourth-order valence-electron chi connectivity index (χ4n) is 1.68. The summed E-state index contributed by atoms with van der Waals surface area (Å²) in [5.41, 5.74) is 0.737. The van der Waals surface area contributed by atoms with Crippen LogP contribution in [-0.2, 0) is 0 Å². The number of rotatable bonds is 5. The first-order valence-electron chi connectivity index (χ1n) is 6.07. The Hall–Kier alpha value is -2.22. The zero-order valence-corrected chi connectivity index (χ0v) is 11.5. The van der Waals surface area contributed by atoms with E-state index in [1.54, 1.807) is 0 Å². The van der Waals surface area contributed by atoms with Crippen molar-refractivity contribution >= 4 is 29.1 Å². The Labute approximate surface area is 121 Å². The van der Waals surface area contributed by atoms with Crippen LogP contribution < -0.4 is 25.4 Å². The number of carbonyl (C=O) groups is 1. The normalized spacial score (nSPS) is 11.8. The first-order valence-corrected chi connectivity index (χ1v) is 6.48. The Bertz CT molecular complexity index is 509. The van der Waals surface area contributed by atoms with Crippen molar-refractivity contribution in [3.8, 4) is 11.5 Å². The minimum Gasteiger partial charge on any atom is -0.465 e. The molecule has 2 rings (SSSR count). The molecule has 1 amide bonds. The number of amides is 1. The maximum Gasteiger partial charge on any atom is 0.404 e. The van der Waals surface area contributed by atoms with Gasteiger partial charge in [0.2, 0.25) is 6.79 Å². The minimum absolute atomic E-state index is 0.203. The number of thiocarbonyl (C=S) groups is 1. The molecular weight excluding hydrogens is 282 g/mol. The molecule has 7 nitrogen and oxygen atoms in total. The molecule has 0 spiro atoms. The lowest BCUT2D eigenvalue weighted by Gasteiger charge is -2.12. The number of benzene rings is 1. The summed E-state index contributed by atoms with van der Waals surface area (Å²) in [5.74, 6) is 1.33. The maximum absolute atomic E-state index is 10.3. The molecule has 8 heteroatoms. The molecule has 1 heterocycles. The van der Waals surface area contributed by atoms with Crippen LogP contribution in [0.25, 0.3) is 0 Å². The molecule has 20 heavy (non-hydrogen) atoms. The molecule has 1 aromatic carbocycles. The van der Waals surface area contributed by atoms with Crippen LogP contribution in [-0.4, -0.2) is 36.2 Å². The van der Waals surface area contributed by atoms with Gasteiger partial charge in [-0.3, -0.25) is 0 Å². The molecule has 0 radical (unpaired) electrons. The summed E-state index contributed by atoms with van der Waals surface area (Å²) in [6, 6.07) is 5.50. The number of carboxylic acid groups (broad SMARTS) is 1. The fourth-order valence-corrected chi connectivity index (χ4v) is 1.89. The van der Waals surface area contributed by atoms with Gasteiger partial charge in [-0.15, -0.1) is 0 Å². The molecule has 0 bridgehead atoms. The van der Waals surface area contributed by atoms with Gasteiger partial charge in [-0.25, -0.2) is 4.79 Å². The van der Waals surface area contributed by atoms with Gasteiger partial charge in [-0.2, -0.15) is 0 Å². The van der Waals surface area contributed by atoms with E-state index in [1.165, 1.54) is 0 Å². The van der Waals surface area contributed by atoms with Gasteiger partial charge in [0.25, 0.3) is 0 Å². The van der Waals surface area contributed by atoms with Crippen molar-refractivity contribution < 1.29 is 19.4 Å². The molecule has 0 unspecified atom stereocenters. The lowest BCUT2D eigenvalue weighted by molar-refractivity contribution is 0.174. The third-order valence-electron chi connectivity index (χ3n) is 2.56. The fraction of sp³-hybridized carbons (Fsp3) is 0.333. The van der Waals surface area contributed by atoms with Gasteiger partial charge in [0, 0.05) is 13.1 Å². The summed E-state index contributed by atoms with van der Waals surface area (Å²) in [7, 11) is 0. The van der Waals surface area contributed by atoms with E-state index in [0.29, 0.717) is 36.1 Å². The van der Waals surface area contributed by atoms with Gasteiger partial charge in [0.15, 0.2) is 16.6 Å². The van der Waals surface area contributed by atoms with Gasteiger partial charge >= 0.3 is 6.09 Å². The molecule has 1 aliphatic rings. The zero-order valence-electron chi connectivity index (χ0n) is 10.6. The molecule has 0 atom stereocenters. The van der Waals surface area contributed by atoms with E-state index in [2.05, 4.69) is 16.0 Å². The predicted molar refractivity (Wildman–Crippen MR) is 77.4 cm³/mol. The number of para-hydroxylation sites is 1. The van der Waals surface area contributed by atoms with Gasteiger partial charge in [-0.05, 0) is 30.8 Å². The maximum atomic E-state index is 10.3. The second-order valence-corrected chi connectivity index (χ2v) is 4.41. The van der Waals surface area contributed by atoms with Gasteiger partial charge in [0.1, 0.15) is 0 Å². The first kappa shape index (κ1) is 14.2. The summed E-state index contributed by atoms with van der Waals surface area (Å²) in [4.78, 5) is 10.3. The number of anilines is 1. The van der Waals surface area contributed by atoms with E-state index >= 15 is 0 Å². The molecule has 4 N–H and O–H groups in total. The third-order valence-corrected chi connectivity index (χ3v) is 2.81. The lowest BCUT2D eigenvalue weighted by Crippen LogP contribution is -2.31. The number of ether oxygens (including phenoxy) is 2. The molecule has 108 valence electrons. The second kappa shape index (κ2) is 6.80. The molecule has 0 saturated heterocycles. The quantitative estimate of drug-likeness (QED) is 0.482. The lowest BCUT2D eigenvalue weighted by atomic mass is 10.3. The van der Waals surface area contributed by atoms with E-state index in [4.69, 9.17) is 26.8 Å². The molecule has 1 aromatic rings. The van der Waals surface area contributed by atoms with Crippen LogP contribution in [0.4, 0.5) is 10.5 Å². The van der Waals surface area contributed by atoms with E-state index in [9.17, 15) is 4.79 Å². The Morgan fingerprint density at radius 1 is 1.30 bits per heavy atom. The SMILES string of the molecule is O=C(O)NCCCNC(=S)Nc1cccc2c1OCO2. The molecule has 0 aliphatic carbocycles. The second-order valence-electron chi connectivity index (χ2n) is 4.01. The highest BCUT2D eigenvalue weighted by Gasteiger charge is 2.17. The smallest absolute Gasteiger partial charge is 0.404 e. The molecule has 0 saturated carbocycles. The van der Waals surface area contributed by atoms with Crippen molar-refractivity contribution in [3.63, 3.8) is 0 Å². The van der Waals surface area contributed by atoms with Crippen LogP contribution in [0.2, 0.25) is 0 Å². The van der Waals surface area contributed by atoms with E-state index in [1.807, 2.05) is 18.2 Å². The average molecular weight is 297 g/mol. The number of hydrogen-bond acceptors (Lipinski definition) is 4. The van der Waals surface area contributed by atoms with E-state index in [-0.39, 0.29) is 6.79 Å². The van der Waals surface area contributed by atoms with Crippen LogP contribution in [0.1, 0.15) is 6.42 Å². The van der Waals surface area contributed by atoms with Crippen molar-refractivity contribution in [1.29, 1.82) is 0 Å². The average Bonchev–Trinajstić information content (AvgIpc) is 2.87. The van der Waals surface area contributed by atoms with Gasteiger partial charge < -0.3 is 30.5 Å². The summed E-state index contributed by atoms with van der Waals surface area (Å²) >= 11 is 5.15. The molecular formula is C12H15N3O4S. The highest BCUT2D eigenvalue weighted by atomic mass is 32.1. The summed E-state index contributed by atoms with van der Waals surface area (Å²) < 4.78 is 10.6. The van der Waals surface area contributed by atoms with Gasteiger partial charge in [0.05, 0.1) is 5.69 Å². The zero-order chi connectivity index (χ0) is 14.4. The first-order chi connectivity index (χ1) is 9.66. The van der Waals surface area contributed by atoms with Crippen LogP contribution in [0.15, 0.2) is 18.2 Å². The number of nitrogens with one attached hydrogen (secondary N) is 3. The third kappa shape index (κ3) is 3.89. The monoisotopic (exact) mass is 297 g/mol. The molecule has 0 aromatic heterocycles. The topological polar surface area (TPSA) is 91.9 Å². The van der Waals surface area contributed by atoms with E-state index < -0.39 is 6.09 Å². The van der Waals surface area contributed by atoms with Gasteiger partial charge in [-0.1, -0.05) is 6.07 Å². The van der Waals surface area contributed by atoms with Crippen molar-refractivity contribution in [2.24, 2.45) is 0 Å². The standard InChI is InChI=1S/C12H15N3O4S/c16-12(17)14-6-2-5-13-11(20)15-8-3-1-4-9-10(8)19-7-18-9/h1,3-4,14H,2,5-7H2,(H,16,17)(H2,13,15,20). The van der Waals surface area contributed by atoms with Crippen molar-refractivity contribution in [1.82, 2.24) is 10.6 Å². The largest absolute Gasteiger partial charge is 0.465 e. The molecule has 1 aliphatic heterocycles. The number of hydrogen-bond donors (Lipinski definition) is 4. The Morgan fingerprint density at radius 3 is 2.90 bits per heavy atom. The Balaban J connectivity index is 1.75.